The molecule has 0 aliphatic carbocycles. The van der Waals surface area contributed by atoms with Gasteiger partial charge in [-0.3, -0.25) is 4.79 Å². The van der Waals surface area contributed by atoms with Gasteiger partial charge in [-0.1, -0.05) is 207 Å². The fraction of sp³-hybridized carbons (Fsp3) is 0.689. The number of unbranched alkanes of at least 4 members (excludes halogenated alkanes) is 18. The van der Waals surface area contributed by atoms with Gasteiger partial charge in [-0.15, -0.1) is 0 Å². The first-order valence-electron chi connectivity index (χ1n) is 28.0. The van der Waals surface area contributed by atoms with Gasteiger partial charge in [0.15, 0.2) is 6.29 Å². The normalized spacial score (nSPS) is 19.8. The molecular weight excluding hydrogens is 877 g/mol. The third-order valence-electron chi connectivity index (χ3n) is 12.2. The average molecular weight is 979 g/mol. The van der Waals surface area contributed by atoms with Crippen LogP contribution in [0.5, 0.6) is 0 Å². The Kier molecular flexibility index (Phi) is 47.1. The Morgan fingerprint density at radius 2 is 0.871 bits per heavy atom. The Balaban J connectivity index is 2.22. The molecule has 70 heavy (non-hydrogen) atoms. The standard InChI is InChI=1S/C61H102O9/c1-3-5-7-9-11-13-15-17-19-21-23-25-27-29-31-33-35-37-39-41-43-45-47-49-51-67-53-55(54-68-61-60(66)59(65)58(64)56(52-62)70-61)69-57(63)50-48-46-44-42-40-38-36-34-32-30-28-26-24-22-20-18-16-14-12-10-8-6-4-2/h5,7,11,13,16-19,22-25,28-31,35,37,55-56,58-62,64-66H,3-4,6,8-10,12,14-15,20-21,26-27,32-34,36,38-54H2,1-2H3/b7-5-,13-11-,18-16-,19-17-,24-22-,25-23-,30-28-,31-29-,37-35-. The highest BCUT2D eigenvalue weighted by atomic mass is 16.7. The largest absolute Gasteiger partial charge is 0.457 e. The summed E-state index contributed by atoms with van der Waals surface area (Å²) >= 11 is 0. The summed E-state index contributed by atoms with van der Waals surface area (Å²) in [6.45, 7) is 4.37. The lowest BCUT2D eigenvalue weighted by Gasteiger charge is -2.39. The van der Waals surface area contributed by atoms with Crippen molar-refractivity contribution in [2.75, 3.05) is 26.4 Å². The Hall–Kier alpha value is -3.15. The maximum atomic E-state index is 12.9. The Bertz CT molecular complexity index is 1440. The van der Waals surface area contributed by atoms with E-state index in [-0.39, 0.29) is 19.2 Å². The van der Waals surface area contributed by atoms with E-state index in [2.05, 4.69) is 123 Å². The highest BCUT2D eigenvalue weighted by Gasteiger charge is 2.44. The summed E-state index contributed by atoms with van der Waals surface area (Å²) in [5.41, 5.74) is 0. The average Bonchev–Trinajstić information content (AvgIpc) is 3.36. The molecule has 1 saturated heterocycles. The van der Waals surface area contributed by atoms with Crippen LogP contribution in [0.15, 0.2) is 109 Å². The zero-order valence-corrected chi connectivity index (χ0v) is 44.2. The second-order valence-electron chi connectivity index (χ2n) is 18.6. The van der Waals surface area contributed by atoms with Crippen molar-refractivity contribution >= 4 is 5.97 Å². The summed E-state index contributed by atoms with van der Waals surface area (Å²) in [6, 6.07) is 0. The van der Waals surface area contributed by atoms with E-state index in [0.717, 1.165) is 122 Å². The van der Waals surface area contributed by atoms with Crippen molar-refractivity contribution in [1.29, 1.82) is 0 Å². The zero-order valence-electron chi connectivity index (χ0n) is 44.2. The highest BCUT2D eigenvalue weighted by molar-refractivity contribution is 5.69. The van der Waals surface area contributed by atoms with Crippen LogP contribution in [0.3, 0.4) is 0 Å². The lowest BCUT2D eigenvalue weighted by Crippen LogP contribution is -2.59. The van der Waals surface area contributed by atoms with E-state index in [1.54, 1.807) is 0 Å². The third-order valence-corrected chi connectivity index (χ3v) is 12.2. The number of hydrogen-bond donors (Lipinski definition) is 4. The summed E-state index contributed by atoms with van der Waals surface area (Å²) < 4.78 is 22.9. The molecule has 0 bridgehead atoms. The molecule has 0 saturated carbocycles. The van der Waals surface area contributed by atoms with Gasteiger partial charge in [-0.05, 0) is 103 Å². The van der Waals surface area contributed by atoms with E-state index < -0.39 is 43.4 Å². The molecule has 1 rings (SSSR count). The molecule has 6 atom stereocenters. The summed E-state index contributed by atoms with van der Waals surface area (Å²) in [6.07, 6.45) is 65.5. The lowest BCUT2D eigenvalue weighted by atomic mass is 9.99. The molecule has 9 heteroatoms. The van der Waals surface area contributed by atoms with Gasteiger partial charge in [0.2, 0.25) is 0 Å². The van der Waals surface area contributed by atoms with Crippen LogP contribution in [0.1, 0.15) is 206 Å². The molecular formula is C61H102O9. The second-order valence-corrected chi connectivity index (χ2v) is 18.6. The topological polar surface area (TPSA) is 135 Å². The number of aliphatic hydroxyl groups excluding tert-OH is 4. The molecule has 0 radical (unpaired) electrons. The van der Waals surface area contributed by atoms with Crippen molar-refractivity contribution in [1.82, 2.24) is 0 Å². The molecule has 0 amide bonds. The Labute approximate surface area is 427 Å². The van der Waals surface area contributed by atoms with E-state index in [0.29, 0.717) is 13.0 Å². The monoisotopic (exact) mass is 979 g/mol. The Morgan fingerprint density at radius 1 is 0.471 bits per heavy atom. The first-order valence-corrected chi connectivity index (χ1v) is 28.0. The maximum absolute atomic E-state index is 12.9. The quantitative estimate of drug-likeness (QED) is 0.0267. The van der Waals surface area contributed by atoms with E-state index in [9.17, 15) is 25.2 Å². The summed E-state index contributed by atoms with van der Waals surface area (Å²) in [4.78, 5) is 12.9. The number of aliphatic hydroxyl groups is 4. The number of carbonyl (C=O) groups is 1. The van der Waals surface area contributed by atoms with E-state index in [1.165, 1.54) is 64.2 Å². The van der Waals surface area contributed by atoms with Crippen molar-refractivity contribution in [2.45, 2.75) is 243 Å². The summed E-state index contributed by atoms with van der Waals surface area (Å²) in [7, 11) is 0. The fourth-order valence-electron chi connectivity index (χ4n) is 7.85. The zero-order chi connectivity index (χ0) is 50.6. The number of ether oxygens (including phenoxy) is 4. The molecule has 6 unspecified atom stereocenters. The van der Waals surface area contributed by atoms with Crippen LogP contribution in [0.4, 0.5) is 0 Å². The molecule has 1 fully saturated rings. The minimum absolute atomic E-state index is 0.121. The molecule has 0 aromatic carbocycles. The lowest BCUT2D eigenvalue weighted by molar-refractivity contribution is -0.305. The Morgan fingerprint density at radius 3 is 1.31 bits per heavy atom. The number of esters is 1. The second kappa shape index (κ2) is 50.8. The third kappa shape index (κ3) is 40.4. The SMILES string of the molecule is CC/C=C\C/C=C\C/C=C\C/C=C\C/C=C\C/C=C\CCCCCCCOCC(COC1OC(CO)C(O)C(O)C1O)OC(=O)CCCCCCCCCC/C=C\C/C=C\C/C=C\CCCCCCC. The van der Waals surface area contributed by atoms with Crippen LogP contribution in [-0.2, 0) is 23.7 Å². The van der Waals surface area contributed by atoms with Crippen LogP contribution in [0.25, 0.3) is 0 Å². The van der Waals surface area contributed by atoms with Gasteiger partial charge in [0, 0.05) is 13.0 Å². The predicted octanol–water partition coefficient (Wildman–Crippen LogP) is 14.5. The molecule has 1 heterocycles. The van der Waals surface area contributed by atoms with Crippen molar-refractivity contribution in [2.24, 2.45) is 0 Å². The van der Waals surface area contributed by atoms with Crippen LogP contribution in [0, 0.1) is 0 Å². The minimum atomic E-state index is -1.55. The van der Waals surface area contributed by atoms with Gasteiger partial charge in [0.1, 0.15) is 30.5 Å². The summed E-state index contributed by atoms with van der Waals surface area (Å²) in [5, 5.41) is 40.3. The highest BCUT2D eigenvalue weighted by Crippen LogP contribution is 2.23. The number of carbonyl (C=O) groups excluding carboxylic acids is 1. The number of rotatable bonds is 47. The van der Waals surface area contributed by atoms with Crippen LogP contribution in [0.2, 0.25) is 0 Å². The maximum Gasteiger partial charge on any atom is 0.306 e. The van der Waals surface area contributed by atoms with Crippen molar-refractivity contribution in [3.63, 3.8) is 0 Å². The first-order chi connectivity index (χ1) is 34.4. The van der Waals surface area contributed by atoms with Gasteiger partial charge in [-0.25, -0.2) is 0 Å². The van der Waals surface area contributed by atoms with E-state index >= 15 is 0 Å². The molecule has 0 spiro atoms. The van der Waals surface area contributed by atoms with E-state index in [4.69, 9.17) is 18.9 Å². The molecule has 4 N–H and O–H groups in total. The van der Waals surface area contributed by atoms with Crippen LogP contribution >= 0.6 is 0 Å². The van der Waals surface area contributed by atoms with Crippen LogP contribution < -0.4 is 0 Å². The van der Waals surface area contributed by atoms with Gasteiger partial charge in [-0.2, -0.15) is 0 Å². The predicted molar refractivity (Wildman–Crippen MR) is 293 cm³/mol. The molecule has 1 aliphatic heterocycles. The van der Waals surface area contributed by atoms with Crippen LogP contribution in [-0.4, -0.2) is 89.6 Å². The van der Waals surface area contributed by atoms with Crippen molar-refractivity contribution in [3.05, 3.63) is 109 Å². The minimum Gasteiger partial charge on any atom is -0.457 e. The molecule has 0 aromatic rings. The molecule has 0 aromatic heterocycles. The molecule has 1 aliphatic rings. The van der Waals surface area contributed by atoms with E-state index in [1.807, 2.05) is 0 Å². The van der Waals surface area contributed by atoms with Crippen molar-refractivity contribution < 1.29 is 44.2 Å². The first kappa shape index (κ1) is 64.9. The molecule has 400 valence electrons. The smallest absolute Gasteiger partial charge is 0.306 e. The molecule has 9 nitrogen and oxygen atoms in total. The fourth-order valence-corrected chi connectivity index (χ4v) is 7.85. The summed E-state index contributed by atoms with van der Waals surface area (Å²) in [5.74, 6) is -0.332. The number of hydrogen-bond acceptors (Lipinski definition) is 9. The van der Waals surface area contributed by atoms with Gasteiger partial charge in [0.05, 0.1) is 19.8 Å². The van der Waals surface area contributed by atoms with Gasteiger partial charge >= 0.3 is 5.97 Å². The number of allylic oxidation sites excluding steroid dienone is 18. The van der Waals surface area contributed by atoms with Gasteiger partial charge in [0.25, 0.3) is 0 Å². The van der Waals surface area contributed by atoms with Crippen molar-refractivity contribution in [3.8, 4) is 0 Å². The van der Waals surface area contributed by atoms with Gasteiger partial charge < -0.3 is 39.4 Å².